The standard InChI is InChI=1S/C29H44N4O6.C25H36N4O6/c1-3-37-26(34)20-29(27(35)38-4-2)10-12-31(13-11-29)22-25-23-33(28(36)39-25)19-18-30-14-16-32(17-15-30)21-24-8-6-5-7-9-24;30-22(31)16-25(23(32)33)6-8-27(9-7-25)18-21-19-29(24(34)35-21)15-14-26-10-12-28(13-11-26)17-20-4-2-1-3-5-20/h5-9,25H,3-4,10-23H2,1-2H3;1-5,21H,6-19H2,(H,30,31)(H,32,33). The first kappa shape index (κ1) is 56.3. The Balaban J connectivity index is 0.000000217. The molecule has 2 aromatic rings. The number of aliphatic carboxylic acids is 2. The lowest BCUT2D eigenvalue weighted by Crippen LogP contribution is -2.49. The lowest BCUT2D eigenvalue weighted by Gasteiger charge is -2.39. The first-order valence-electron chi connectivity index (χ1n) is 26.8. The van der Waals surface area contributed by atoms with E-state index >= 15 is 0 Å². The maximum atomic E-state index is 12.8. The number of carboxylic acids is 2. The molecule has 6 aliphatic heterocycles. The minimum Gasteiger partial charge on any atom is -0.481 e. The number of esters is 2. The van der Waals surface area contributed by atoms with Crippen LogP contribution in [0.1, 0.15) is 63.5 Å². The van der Waals surface area contributed by atoms with E-state index in [9.17, 15) is 33.9 Å². The van der Waals surface area contributed by atoms with Crippen LogP contribution in [0.2, 0.25) is 0 Å². The van der Waals surface area contributed by atoms with Crippen LogP contribution in [0.15, 0.2) is 60.7 Å². The summed E-state index contributed by atoms with van der Waals surface area (Å²) in [6.07, 6.45) is 0.315. The van der Waals surface area contributed by atoms with Gasteiger partial charge in [0.15, 0.2) is 0 Å². The summed E-state index contributed by atoms with van der Waals surface area (Å²) in [6.45, 7) is 21.6. The third kappa shape index (κ3) is 16.3. The summed E-state index contributed by atoms with van der Waals surface area (Å²) in [4.78, 5) is 90.4. The van der Waals surface area contributed by atoms with Crippen LogP contribution in [0, 0.1) is 10.8 Å². The molecule has 0 radical (unpaired) electrons. The Bertz CT molecular complexity index is 2120. The van der Waals surface area contributed by atoms with Gasteiger partial charge < -0.3 is 39.0 Å². The van der Waals surface area contributed by atoms with E-state index < -0.39 is 22.8 Å². The number of piperidine rings is 2. The van der Waals surface area contributed by atoms with E-state index in [0.29, 0.717) is 78.3 Å². The van der Waals surface area contributed by atoms with Gasteiger partial charge in [-0.1, -0.05) is 60.7 Å². The fourth-order valence-electron chi connectivity index (χ4n) is 11.1. The molecule has 0 saturated carbocycles. The topological polar surface area (TPSA) is 206 Å². The highest BCUT2D eigenvalue weighted by Crippen LogP contribution is 2.38. The Morgan fingerprint density at radius 1 is 0.527 bits per heavy atom. The van der Waals surface area contributed by atoms with Crippen molar-refractivity contribution in [1.29, 1.82) is 0 Å². The zero-order valence-electron chi connectivity index (χ0n) is 43.7. The second-order valence-corrected chi connectivity index (χ2v) is 20.9. The van der Waals surface area contributed by atoms with Crippen molar-refractivity contribution in [1.82, 2.24) is 39.2 Å². The highest BCUT2D eigenvalue weighted by molar-refractivity contribution is 5.84. The number of hydrogen-bond donors (Lipinski definition) is 2. The van der Waals surface area contributed by atoms with Gasteiger partial charge in [-0.2, -0.15) is 0 Å². The third-order valence-electron chi connectivity index (χ3n) is 15.7. The maximum absolute atomic E-state index is 12.8. The van der Waals surface area contributed by atoms with Gasteiger partial charge in [0.2, 0.25) is 0 Å². The number of likely N-dealkylation sites (tertiary alicyclic amines) is 2. The zero-order chi connectivity index (χ0) is 52.5. The van der Waals surface area contributed by atoms with Crippen LogP contribution in [0.4, 0.5) is 9.59 Å². The number of nitrogens with zero attached hydrogens (tertiary/aromatic N) is 8. The lowest BCUT2D eigenvalue weighted by atomic mass is 9.75. The van der Waals surface area contributed by atoms with Crippen molar-refractivity contribution in [2.75, 3.05) is 144 Å². The maximum Gasteiger partial charge on any atom is 0.410 e. The molecule has 6 saturated heterocycles. The van der Waals surface area contributed by atoms with E-state index in [4.69, 9.17) is 24.1 Å². The first-order chi connectivity index (χ1) is 35.7. The number of rotatable bonds is 22. The van der Waals surface area contributed by atoms with Gasteiger partial charge in [0, 0.05) is 105 Å². The van der Waals surface area contributed by atoms with Crippen LogP contribution < -0.4 is 0 Å². The molecule has 2 aromatic carbocycles. The SMILES string of the molecule is CCOC(=O)CC1(C(=O)OCC)CCN(CC2CN(CCN3CCN(Cc4ccccc4)CC3)C(=O)O2)CC1.O=C(O)CC1(C(=O)O)CCN(CC2CN(CCN3CCN(Cc4ccccc4)CC3)C(=O)O2)CC1. The van der Waals surface area contributed by atoms with E-state index in [0.717, 1.165) is 78.5 Å². The normalized spacial score (nSPS) is 23.1. The molecular formula is C54H80N8O12. The average Bonchev–Trinajstić information content (AvgIpc) is 3.93. The highest BCUT2D eigenvalue weighted by atomic mass is 16.6. The van der Waals surface area contributed by atoms with Gasteiger partial charge in [0.1, 0.15) is 12.2 Å². The third-order valence-corrected chi connectivity index (χ3v) is 15.7. The fourth-order valence-corrected chi connectivity index (χ4v) is 11.1. The highest BCUT2D eigenvalue weighted by Gasteiger charge is 2.47. The number of carbonyl (C=O) groups excluding carboxylic acids is 4. The average molecular weight is 1030 g/mol. The summed E-state index contributed by atoms with van der Waals surface area (Å²) < 4.78 is 21.7. The Morgan fingerprint density at radius 2 is 0.932 bits per heavy atom. The first-order valence-corrected chi connectivity index (χ1v) is 26.8. The molecule has 2 N–H and O–H groups in total. The van der Waals surface area contributed by atoms with Gasteiger partial charge in [-0.25, -0.2) is 9.59 Å². The second kappa shape index (κ2) is 27.4. The Hall–Kier alpha value is -5.38. The quantitative estimate of drug-likeness (QED) is 0.128. The predicted octanol–water partition coefficient (Wildman–Crippen LogP) is 3.49. The van der Waals surface area contributed by atoms with E-state index in [1.54, 1.807) is 18.7 Å². The molecule has 408 valence electrons. The molecule has 2 amide bonds. The molecule has 6 fully saturated rings. The van der Waals surface area contributed by atoms with Gasteiger partial charge in [-0.15, -0.1) is 0 Å². The summed E-state index contributed by atoms with van der Waals surface area (Å²) in [6, 6.07) is 21.1. The molecule has 0 bridgehead atoms. The van der Waals surface area contributed by atoms with Crippen LogP contribution in [-0.4, -0.2) is 242 Å². The van der Waals surface area contributed by atoms with Crippen molar-refractivity contribution in [3.05, 3.63) is 71.8 Å². The summed E-state index contributed by atoms with van der Waals surface area (Å²) in [5.41, 5.74) is 0.626. The molecule has 0 aromatic heterocycles. The Labute approximate surface area is 436 Å². The second-order valence-electron chi connectivity index (χ2n) is 20.9. The van der Waals surface area contributed by atoms with Crippen LogP contribution >= 0.6 is 0 Å². The minimum absolute atomic E-state index is 0.0419. The summed E-state index contributed by atoms with van der Waals surface area (Å²) in [7, 11) is 0. The van der Waals surface area contributed by atoms with Crippen LogP contribution in [-0.2, 0) is 51.2 Å². The van der Waals surface area contributed by atoms with Crippen molar-refractivity contribution in [2.45, 2.75) is 77.7 Å². The molecular weight excluding hydrogens is 953 g/mol. The molecule has 74 heavy (non-hydrogen) atoms. The smallest absolute Gasteiger partial charge is 0.410 e. The number of ether oxygens (including phenoxy) is 4. The van der Waals surface area contributed by atoms with Gasteiger partial charge >= 0.3 is 36.1 Å². The number of carbonyl (C=O) groups is 6. The number of hydrogen-bond acceptors (Lipinski definition) is 16. The molecule has 20 heteroatoms. The largest absolute Gasteiger partial charge is 0.481 e. The van der Waals surface area contributed by atoms with Gasteiger partial charge in [0.05, 0.1) is 50.0 Å². The Kier molecular flexibility index (Phi) is 20.9. The summed E-state index contributed by atoms with van der Waals surface area (Å²) >= 11 is 0. The van der Waals surface area contributed by atoms with E-state index in [2.05, 4.69) is 77.9 Å². The van der Waals surface area contributed by atoms with Gasteiger partial charge in [0.25, 0.3) is 0 Å². The van der Waals surface area contributed by atoms with E-state index in [-0.39, 0.29) is 75.2 Å². The molecule has 2 unspecified atom stereocenters. The van der Waals surface area contributed by atoms with Crippen LogP contribution in [0.25, 0.3) is 0 Å². The summed E-state index contributed by atoms with van der Waals surface area (Å²) in [5.74, 6) is -2.81. The molecule has 0 aliphatic carbocycles. The number of carboxylic acid groups (broad SMARTS) is 2. The van der Waals surface area contributed by atoms with Crippen molar-refractivity contribution in [3.63, 3.8) is 0 Å². The van der Waals surface area contributed by atoms with Crippen molar-refractivity contribution >= 4 is 36.1 Å². The van der Waals surface area contributed by atoms with Gasteiger partial charge in [-0.3, -0.25) is 48.6 Å². The molecule has 20 nitrogen and oxygen atoms in total. The molecule has 8 rings (SSSR count). The number of piperazine rings is 2. The monoisotopic (exact) mass is 1030 g/mol. The predicted molar refractivity (Wildman–Crippen MR) is 274 cm³/mol. The zero-order valence-corrected chi connectivity index (χ0v) is 43.7. The molecule has 2 atom stereocenters. The van der Waals surface area contributed by atoms with E-state index in [1.807, 2.05) is 17.0 Å². The minimum atomic E-state index is -1.20. The van der Waals surface area contributed by atoms with Crippen LogP contribution in [0.3, 0.4) is 0 Å². The number of benzene rings is 2. The summed E-state index contributed by atoms with van der Waals surface area (Å²) in [5, 5.41) is 18.7. The van der Waals surface area contributed by atoms with E-state index in [1.165, 1.54) is 11.1 Å². The Morgan fingerprint density at radius 3 is 1.32 bits per heavy atom. The lowest BCUT2D eigenvalue weighted by molar-refractivity contribution is -0.165. The molecule has 0 spiro atoms. The van der Waals surface area contributed by atoms with Gasteiger partial charge in [-0.05, 0) is 76.8 Å². The molecule has 6 aliphatic rings. The van der Waals surface area contributed by atoms with Crippen molar-refractivity contribution < 1.29 is 57.9 Å². The number of amides is 2. The van der Waals surface area contributed by atoms with Crippen molar-refractivity contribution in [3.8, 4) is 0 Å². The van der Waals surface area contributed by atoms with Crippen molar-refractivity contribution in [2.24, 2.45) is 10.8 Å². The van der Waals surface area contributed by atoms with Crippen LogP contribution in [0.5, 0.6) is 0 Å². The number of cyclic esters (lactones) is 2. The molecule has 6 heterocycles. The fraction of sp³-hybridized carbons (Fsp3) is 0.667.